The van der Waals surface area contributed by atoms with Crippen LogP contribution in [0.15, 0.2) is 21.2 Å². The zero-order valence-electron chi connectivity index (χ0n) is 10.4. The predicted molar refractivity (Wildman–Crippen MR) is 78.5 cm³/mol. The van der Waals surface area contributed by atoms with E-state index >= 15 is 0 Å². The van der Waals surface area contributed by atoms with Crippen LogP contribution in [0.3, 0.4) is 0 Å². The second-order valence-electron chi connectivity index (χ2n) is 4.22. The summed E-state index contributed by atoms with van der Waals surface area (Å²) in [5, 5.41) is 0. The summed E-state index contributed by atoms with van der Waals surface area (Å²) in [7, 11) is 0. The Morgan fingerprint density at radius 2 is 2.06 bits per heavy atom. The molecule has 0 aliphatic heterocycles. The minimum Gasteiger partial charge on any atom is -0.474 e. The van der Waals surface area contributed by atoms with Crippen LogP contribution in [0.25, 0.3) is 0 Å². The van der Waals surface area contributed by atoms with Gasteiger partial charge in [-0.05, 0) is 57.7 Å². The highest BCUT2D eigenvalue weighted by atomic mass is 79.9. The van der Waals surface area contributed by atoms with E-state index in [-0.39, 0.29) is 6.10 Å². The molecule has 1 aromatic rings. The SMILES string of the molecule is CCCCCCC(C)Oc1ncc(Br)cc1Br. The zero-order chi connectivity index (χ0) is 12.7. The van der Waals surface area contributed by atoms with Gasteiger partial charge < -0.3 is 4.74 Å². The van der Waals surface area contributed by atoms with Gasteiger partial charge >= 0.3 is 0 Å². The van der Waals surface area contributed by atoms with Gasteiger partial charge in [0.15, 0.2) is 0 Å². The van der Waals surface area contributed by atoms with Gasteiger partial charge in [0.1, 0.15) is 0 Å². The Kier molecular flexibility index (Phi) is 7.12. The molecular weight excluding hydrogens is 346 g/mol. The number of unbranched alkanes of at least 4 members (excludes halogenated alkanes) is 3. The van der Waals surface area contributed by atoms with Crippen molar-refractivity contribution < 1.29 is 4.74 Å². The molecule has 0 saturated carbocycles. The van der Waals surface area contributed by atoms with Gasteiger partial charge in [0.2, 0.25) is 5.88 Å². The number of hydrogen-bond donors (Lipinski definition) is 0. The van der Waals surface area contributed by atoms with E-state index in [4.69, 9.17) is 4.74 Å². The smallest absolute Gasteiger partial charge is 0.228 e. The van der Waals surface area contributed by atoms with Gasteiger partial charge in [-0.1, -0.05) is 26.2 Å². The highest BCUT2D eigenvalue weighted by Gasteiger charge is 2.08. The second kappa shape index (κ2) is 8.09. The van der Waals surface area contributed by atoms with Crippen LogP contribution in [0.2, 0.25) is 0 Å². The molecule has 0 amide bonds. The molecule has 96 valence electrons. The Morgan fingerprint density at radius 3 is 2.71 bits per heavy atom. The summed E-state index contributed by atoms with van der Waals surface area (Å²) in [6, 6.07) is 1.95. The van der Waals surface area contributed by atoms with Crippen LogP contribution in [0.4, 0.5) is 0 Å². The van der Waals surface area contributed by atoms with Crippen molar-refractivity contribution in [2.24, 2.45) is 0 Å². The summed E-state index contributed by atoms with van der Waals surface area (Å²) in [5.41, 5.74) is 0. The van der Waals surface area contributed by atoms with Gasteiger partial charge in [0.25, 0.3) is 0 Å². The third-order valence-electron chi connectivity index (χ3n) is 2.55. The van der Waals surface area contributed by atoms with Crippen LogP contribution in [0.5, 0.6) is 5.88 Å². The lowest BCUT2D eigenvalue weighted by Crippen LogP contribution is -2.12. The minimum atomic E-state index is 0.219. The van der Waals surface area contributed by atoms with Gasteiger partial charge in [-0.25, -0.2) is 4.98 Å². The number of nitrogens with zero attached hydrogens (tertiary/aromatic N) is 1. The Hall–Kier alpha value is -0.0900. The quantitative estimate of drug-likeness (QED) is 0.609. The molecule has 0 bridgehead atoms. The lowest BCUT2D eigenvalue weighted by atomic mass is 10.1. The molecule has 0 radical (unpaired) electrons. The van der Waals surface area contributed by atoms with Crippen molar-refractivity contribution in [3.63, 3.8) is 0 Å². The Morgan fingerprint density at radius 1 is 1.29 bits per heavy atom. The van der Waals surface area contributed by atoms with Gasteiger partial charge in [-0.2, -0.15) is 0 Å². The van der Waals surface area contributed by atoms with E-state index < -0.39 is 0 Å². The average Bonchev–Trinajstić information content (AvgIpc) is 2.28. The number of aromatic nitrogens is 1. The molecule has 1 atom stereocenters. The van der Waals surface area contributed by atoms with E-state index in [9.17, 15) is 0 Å². The fourth-order valence-electron chi connectivity index (χ4n) is 1.60. The fourth-order valence-corrected chi connectivity index (χ4v) is 2.68. The van der Waals surface area contributed by atoms with Crippen molar-refractivity contribution in [1.29, 1.82) is 0 Å². The molecule has 0 spiro atoms. The normalized spacial score (nSPS) is 12.5. The molecule has 0 N–H and O–H groups in total. The highest BCUT2D eigenvalue weighted by molar-refractivity contribution is 9.11. The summed E-state index contributed by atoms with van der Waals surface area (Å²) >= 11 is 6.82. The van der Waals surface area contributed by atoms with Crippen LogP contribution < -0.4 is 4.74 Å². The summed E-state index contributed by atoms with van der Waals surface area (Å²) in [6.45, 7) is 4.32. The molecule has 1 unspecified atom stereocenters. The first-order valence-corrected chi connectivity index (χ1v) is 7.69. The molecule has 0 aliphatic rings. The predicted octanol–water partition coefficient (Wildman–Crippen LogP) is 5.34. The van der Waals surface area contributed by atoms with E-state index in [1.807, 2.05) is 6.07 Å². The molecule has 0 aliphatic carbocycles. The number of ether oxygens (including phenoxy) is 1. The first kappa shape index (κ1) is 15.0. The lowest BCUT2D eigenvalue weighted by Gasteiger charge is -2.14. The molecule has 1 heterocycles. The highest BCUT2D eigenvalue weighted by Crippen LogP contribution is 2.26. The molecule has 1 rings (SSSR count). The number of rotatable bonds is 7. The summed E-state index contributed by atoms with van der Waals surface area (Å²) in [5.74, 6) is 0.677. The van der Waals surface area contributed by atoms with Crippen LogP contribution in [-0.2, 0) is 0 Å². The molecule has 0 saturated heterocycles. The summed E-state index contributed by atoms with van der Waals surface area (Å²) < 4.78 is 7.65. The maximum Gasteiger partial charge on any atom is 0.228 e. The van der Waals surface area contributed by atoms with Gasteiger partial charge in [0, 0.05) is 10.7 Å². The van der Waals surface area contributed by atoms with Gasteiger partial charge in [0.05, 0.1) is 10.6 Å². The van der Waals surface area contributed by atoms with E-state index in [0.717, 1.165) is 15.4 Å². The van der Waals surface area contributed by atoms with Gasteiger partial charge in [-0.15, -0.1) is 0 Å². The maximum atomic E-state index is 5.80. The Labute approximate surface area is 120 Å². The number of pyridine rings is 1. The van der Waals surface area contributed by atoms with Crippen molar-refractivity contribution in [1.82, 2.24) is 4.98 Å². The molecule has 4 heteroatoms. The van der Waals surface area contributed by atoms with Crippen molar-refractivity contribution >= 4 is 31.9 Å². The molecule has 17 heavy (non-hydrogen) atoms. The van der Waals surface area contributed by atoms with Crippen molar-refractivity contribution in [2.45, 2.75) is 52.1 Å². The lowest BCUT2D eigenvalue weighted by molar-refractivity contribution is 0.196. The molecular formula is C13H19Br2NO. The Balaban J connectivity index is 2.37. The maximum absolute atomic E-state index is 5.80. The number of hydrogen-bond acceptors (Lipinski definition) is 2. The zero-order valence-corrected chi connectivity index (χ0v) is 13.6. The third-order valence-corrected chi connectivity index (χ3v) is 3.55. The minimum absolute atomic E-state index is 0.219. The molecule has 1 aromatic heterocycles. The molecule has 0 aromatic carbocycles. The first-order chi connectivity index (χ1) is 8.13. The number of halogens is 2. The van der Waals surface area contributed by atoms with E-state index in [2.05, 4.69) is 50.7 Å². The standard InChI is InChI=1S/C13H19Br2NO/c1-3-4-5-6-7-10(2)17-13-12(15)8-11(14)9-16-13/h8-10H,3-7H2,1-2H3. The van der Waals surface area contributed by atoms with E-state index in [1.165, 1.54) is 25.7 Å². The second-order valence-corrected chi connectivity index (χ2v) is 5.99. The third kappa shape index (κ3) is 5.87. The molecule has 0 fully saturated rings. The first-order valence-electron chi connectivity index (χ1n) is 6.11. The van der Waals surface area contributed by atoms with Crippen molar-refractivity contribution in [3.05, 3.63) is 21.2 Å². The van der Waals surface area contributed by atoms with Crippen LogP contribution >= 0.6 is 31.9 Å². The van der Waals surface area contributed by atoms with E-state index in [1.54, 1.807) is 6.20 Å². The summed E-state index contributed by atoms with van der Waals surface area (Å²) in [6.07, 6.45) is 8.16. The van der Waals surface area contributed by atoms with Crippen LogP contribution in [0.1, 0.15) is 46.0 Å². The van der Waals surface area contributed by atoms with Crippen LogP contribution in [-0.4, -0.2) is 11.1 Å². The van der Waals surface area contributed by atoms with Crippen molar-refractivity contribution in [3.8, 4) is 5.88 Å². The monoisotopic (exact) mass is 363 g/mol. The van der Waals surface area contributed by atoms with Crippen LogP contribution in [0, 0.1) is 0 Å². The van der Waals surface area contributed by atoms with E-state index in [0.29, 0.717) is 5.88 Å². The largest absolute Gasteiger partial charge is 0.474 e. The topological polar surface area (TPSA) is 22.1 Å². The Bertz CT molecular complexity index is 344. The average molecular weight is 365 g/mol. The van der Waals surface area contributed by atoms with Crippen molar-refractivity contribution in [2.75, 3.05) is 0 Å². The van der Waals surface area contributed by atoms with Gasteiger partial charge in [-0.3, -0.25) is 0 Å². The fraction of sp³-hybridized carbons (Fsp3) is 0.615. The summed E-state index contributed by atoms with van der Waals surface area (Å²) in [4.78, 5) is 4.25. The molecule has 2 nitrogen and oxygen atoms in total.